The molecule has 0 aliphatic carbocycles. The summed E-state index contributed by atoms with van der Waals surface area (Å²) in [4.78, 5) is 0. The van der Waals surface area contributed by atoms with Crippen molar-refractivity contribution in [2.24, 2.45) is 0 Å². The predicted octanol–water partition coefficient (Wildman–Crippen LogP) is 2.50. The largest absolute Gasteiger partial charge is 0.207 e. The molecule has 0 saturated heterocycles. The minimum atomic E-state index is -0.646. The molecule has 0 spiro atoms. The molecule has 0 aromatic heterocycles. The van der Waals surface area contributed by atoms with E-state index in [0.717, 1.165) is 24.3 Å². The minimum Gasteiger partial charge on any atom is -0.207 e. The Morgan fingerprint density at radius 2 is 1.75 bits per heavy atom. The van der Waals surface area contributed by atoms with Crippen LogP contribution >= 0.6 is 0 Å². The van der Waals surface area contributed by atoms with Gasteiger partial charge >= 0.3 is 0 Å². The standard InChI is InChI=1S/C9H5F2N/c10-8-4-7(2-1-3-12)5-9(11)6-8/h1-2,4-6H/b2-1+. The number of allylic oxidation sites excluding steroid dienone is 1. The second-order valence-electron chi connectivity index (χ2n) is 2.17. The average Bonchev–Trinajstić information content (AvgIpc) is 1.99. The van der Waals surface area contributed by atoms with Crippen LogP contribution < -0.4 is 0 Å². The first-order chi connectivity index (χ1) is 5.72. The first-order valence-corrected chi connectivity index (χ1v) is 3.24. The highest BCUT2D eigenvalue weighted by atomic mass is 19.1. The number of halogens is 2. The van der Waals surface area contributed by atoms with Crippen molar-refractivity contribution in [3.05, 3.63) is 41.5 Å². The van der Waals surface area contributed by atoms with E-state index in [1.165, 1.54) is 6.08 Å². The van der Waals surface area contributed by atoms with Crippen molar-refractivity contribution in [2.45, 2.75) is 0 Å². The van der Waals surface area contributed by atoms with Gasteiger partial charge in [-0.1, -0.05) is 0 Å². The lowest BCUT2D eigenvalue weighted by Crippen LogP contribution is -1.81. The van der Waals surface area contributed by atoms with Crippen molar-refractivity contribution in [1.29, 1.82) is 5.26 Å². The van der Waals surface area contributed by atoms with Crippen LogP contribution in [0, 0.1) is 23.0 Å². The number of nitriles is 1. The first kappa shape index (κ1) is 8.41. The van der Waals surface area contributed by atoms with Crippen LogP contribution in [0.25, 0.3) is 6.08 Å². The van der Waals surface area contributed by atoms with E-state index >= 15 is 0 Å². The topological polar surface area (TPSA) is 23.8 Å². The van der Waals surface area contributed by atoms with E-state index in [1.54, 1.807) is 6.07 Å². The Morgan fingerprint density at radius 3 is 2.25 bits per heavy atom. The molecular formula is C9H5F2N. The molecule has 0 aliphatic rings. The molecule has 0 heterocycles. The van der Waals surface area contributed by atoms with Crippen LogP contribution in [0.5, 0.6) is 0 Å². The van der Waals surface area contributed by atoms with Gasteiger partial charge in [-0.05, 0) is 23.8 Å². The van der Waals surface area contributed by atoms with E-state index in [9.17, 15) is 8.78 Å². The number of hydrogen-bond donors (Lipinski definition) is 0. The summed E-state index contributed by atoms with van der Waals surface area (Å²) in [5.41, 5.74) is 0.342. The first-order valence-electron chi connectivity index (χ1n) is 3.24. The van der Waals surface area contributed by atoms with Crippen molar-refractivity contribution >= 4 is 6.08 Å². The minimum absolute atomic E-state index is 0.342. The summed E-state index contributed by atoms with van der Waals surface area (Å²) >= 11 is 0. The zero-order valence-corrected chi connectivity index (χ0v) is 6.09. The van der Waals surface area contributed by atoms with Crippen molar-refractivity contribution in [1.82, 2.24) is 0 Å². The molecule has 0 N–H and O–H groups in total. The normalized spacial score (nSPS) is 10.1. The Balaban J connectivity index is 3.03. The molecule has 0 atom stereocenters. The summed E-state index contributed by atoms with van der Waals surface area (Å²) in [7, 11) is 0. The van der Waals surface area contributed by atoms with Crippen molar-refractivity contribution in [2.75, 3.05) is 0 Å². The third kappa shape index (κ3) is 2.17. The molecule has 0 aliphatic heterocycles. The summed E-state index contributed by atoms with van der Waals surface area (Å²) in [5, 5.41) is 8.14. The quantitative estimate of drug-likeness (QED) is 0.586. The fourth-order valence-electron chi connectivity index (χ4n) is 0.805. The number of nitrogens with zero attached hydrogens (tertiary/aromatic N) is 1. The van der Waals surface area contributed by atoms with Gasteiger partial charge in [0.15, 0.2) is 0 Å². The van der Waals surface area contributed by atoms with Crippen LogP contribution in [0.1, 0.15) is 5.56 Å². The molecule has 0 unspecified atom stereocenters. The van der Waals surface area contributed by atoms with Gasteiger partial charge in [-0.2, -0.15) is 5.26 Å². The van der Waals surface area contributed by atoms with Crippen LogP contribution in [0.2, 0.25) is 0 Å². The number of hydrogen-bond acceptors (Lipinski definition) is 1. The van der Waals surface area contributed by atoms with Crippen molar-refractivity contribution in [3.8, 4) is 6.07 Å². The molecule has 3 heteroatoms. The third-order valence-electron chi connectivity index (χ3n) is 1.24. The molecule has 60 valence electrons. The summed E-state index contributed by atoms with van der Waals surface area (Å²) in [5.74, 6) is -1.29. The monoisotopic (exact) mass is 165 g/mol. The lowest BCUT2D eigenvalue weighted by molar-refractivity contribution is 0.583. The average molecular weight is 165 g/mol. The smallest absolute Gasteiger partial charge is 0.126 e. The third-order valence-corrected chi connectivity index (χ3v) is 1.24. The van der Waals surface area contributed by atoms with Gasteiger partial charge < -0.3 is 0 Å². The molecule has 0 amide bonds. The maximum Gasteiger partial charge on any atom is 0.126 e. The maximum absolute atomic E-state index is 12.5. The van der Waals surface area contributed by atoms with Gasteiger partial charge in [0.05, 0.1) is 6.07 Å². The lowest BCUT2D eigenvalue weighted by Gasteiger charge is -1.93. The summed E-state index contributed by atoms with van der Waals surface area (Å²) in [6, 6.07) is 4.81. The van der Waals surface area contributed by atoms with Crippen molar-refractivity contribution in [3.63, 3.8) is 0 Å². The van der Waals surface area contributed by atoms with Crippen LogP contribution in [0.4, 0.5) is 8.78 Å². The predicted molar refractivity (Wildman–Crippen MR) is 41.0 cm³/mol. The maximum atomic E-state index is 12.5. The highest BCUT2D eigenvalue weighted by molar-refractivity contribution is 5.51. The molecule has 0 radical (unpaired) electrons. The molecule has 0 bridgehead atoms. The zero-order chi connectivity index (χ0) is 8.97. The van der Waals surface area contributed by atoms with Gasteiger partial charge in [-0.25, -0.2) is 8.78 Å². The molecule has 0 saturated carbocycles. The Bertz CT molecular complexity index is 330. The lowest BCUT2D eigenvalue weighted by atomic mass is 10.2. The van der Waals surface area contributed by atoms with Crippen LogP contribution in [0.3, 0.4) is 0 Å². The van der Waals surface area contributed by atoms with Gasteiger partial charge in [0.1, 0.15) is 11.6 Å². The van der Waals surface area contributed by atoms with Crippen molar-refractivity contribution < 1.29 is 8.78 Å². The Hall–Kier alpha value is -1.69. The van der Waals surface area contributed by atoms with Gasteiger partial charge in [-0.15, -0.1) is 0 Å². The number of rotatable bonds is 1. The number of benzene rings is 1. The Kier molecular flexibility index (Phi) is 2.54. The van der Waals surface area contributed by atoms with Gasteiger partial charge in [0, 0.05) is 12.1 Å². The molecule has 1 aromatic rings. The second-order valence-corrected chi connectivity index (χ2v) is 2.17. The molecular weight excluding hydrogens is 160 g/mol. The van der Waals surface area contributed by atoms with Crippen LogP contribution in [-0.4, -0.2) is 0 Å². The molecule has 1 aromatic carbocycles. The summed E-state index contributed by atoms with van der Waals surface area (Å²) < 4.78 is 25.0. The fourth-order valence-corrected chi connectivity index (χ4v) is 0.805. The van der Waals surface area contributed by atoms with E-state index in [0.29, 0.717) is 5.56 Å². The van der Waals surface area contributed by atoms with E-state index in [2.05, 4.69) is 0 Å². The highest BCUT2D eigenvalue weighted by Gasteiger charge is 1.96. The zero-order valence-electron chi connectivity index (χ0n) is 6.09. The van der Waals surface area contributed by atoms with E-state index in [-0.39, 0.29) is 0 Å². The van der Waals surface area contributed by atoms with E-state index in [1.807, 2.05) is 0 Å². The Morgan fingerprint density at radius 1 is 1.17 bits per heavy atom. The highest BCUT2D eigenvalue weighted by Crippen LogP contribution is 2.08. The Labute approximate surface area is 68.6 Å². The molecule has 12 heavy (non-hydrogen) atoms. The fraction of sp³-hybridized carbons (Fsp3) is 0. The summed E-state index contributed by atoms with van der Waals surface area (Å²) in [6.07, 6.45) is 2.50. The van der Waals surface area contributed by atoms with Crippen LogP contribution in [0.15, 0.2) is 24.3 Å². The van der Waals surface area contributed by atoms with Crippen LogP contribution in [-0.2, 0) is 0 Å². The molecule has 1 rings (SSSR count). The van der Waals surface area contributed by atoms with Gasteiger partial charge in [0.25, 0.3) is 0 Å². The SMILES string of the molecule is N#C/C=C/c1cc(F)cc(F)c1. The van der Waals surface area contributed by atoms with E-state index < -0.39 is 11.6 Å². The summed E-state index contributed by atoms with van der Waals surface area (Å²) in [6.45, 7) is 0. The van der Waals surface area contributed by atoms with E-state index in [4.69, 9.17) is 5.26 Å². The molecule has 0 fully saturated rings. The van der Waals surface area contributed by atoms with Gasteiger partial charge in [-0.3, -0.25) is 0 Å². The second kappa shape index (κ2) is 3.63. The molecule has 1 nitrogen and oxygen atoms in total. The van der Waals surface area contributed by atoms with Gasteiger partial charge in [0.2, 0.25) is 0 Å².